The number of amidine groups is 1. The SMILES string of the molecule is O=C(CSC1=NC(=Cc2cccnc2)C(=O)N1c1ccccc1)Nc1ccccc1OC(F)(F)F. The number of aliphatic imine (C=N–C) groups is 1. The summed E-state index contributed by atoms with van der Waals surface area (Å²) in [6, 6.07) is 17.5. The van der Waals surface area contributed by atoms with E-state index in [0.29, 0.717) is 11.3 Å². The summed E-state index contributed by atoms with van der Waals surface area (Å²) in [5.41, 5.74) is 1.27. The number of hydrogen-bond acceptors (Lipinski definition) is 6. The molecule has 0 saturated heterocycles. The van der Waals surface area contributed by atoms with Crippen molar-refractivity contribution in [2.75, 3.05) is 16.0 Å². The number of pyridine rings is 1. The number of para-hydroxylation sites is 3. The lowest BCUT2D eigenvalue weighted by Crippen LogP contribution is -2.31. The minimum atomic E-state index is -4.90. The van der Waals surface area contributed by atoms with Gasteiger partial charge in [0.25, 0.3) is 5.91 Å². The van der Waals surface area contributed by atoms with Crippen molar-refractivity contribution in [3.05, 3.63) is 90.4 Å². The Hall–Kier alpha value is -4.12. The molecule has 0 bridgehead atoms. The number of rotatable bonds is 6. The molecule has 0 unspecified atom stereocenters. The van der Waals surface area contributed by atoms with Gasteiger partial charge in [-0.3, -0.25) is 19.5 Å². The van der Waals surface area contributed by atoms with Crippen LogP contribution in [0.3, 0.4) is 0 Å². The summed E-state index contributed by atoms with van der Waals surface area (Å²) < 4.78 is 41.9. The average molecular weight is 498 g/mol. The molecule has 4 rings (SSSR count). The second-order valence-corrected chi connectivity index (χ2v) is 8.01. The second kappa shape index (κ2) is 10.4. The number of nitrogens with one attached hydrogen (secondary N) is 1. The molecular formula is C24H17F3N4O3S. The largest absolute Gasteiger partial charge is 0.573 e. The summed E-state index contributed by atoms with van der Waals surface area (Å²) in [6.45, 7) is 0. The fourth-order valence-electron chi connectivity index (χ4n) is 3.12. The first-order chi connectivity index (χ1) is 16.8. The summed E-state index contributed by atoms with van der Waals surface area (Å²) in [5, 5.41) is 2.66. The van der Waals surface area contributed by atoms with Crippen LogP contribution in [-0.2, 0) is 9.59 Å². The van der Waals surface area contributed by atoms with Gasteiger partial charge < -0.3 is 10.1 Å². The van der Waals surface area contributed by atoms with Gasteiger partial charge in [-0.25, -0.2) is 4.99 Å². The number of carbonyl (C=O) groups is 2. The predicted molar refractivity (Wildman–Crippen MR) is 128 cm³/mol. The van der Waals surface area contributed by atoms with Crippen LogP contribution in [0.2, 0.25) is 0 Å². The van der Waals surface area contributed by atoms with Gasteiger partial charge in [0.05, 0.1) is 17.1 Å². The molecule has 0 spiro atoms. The maximum atomic E-state index is 13.1. The van der Waals surface area contributed by atoms with Gasteiger partial charge >= 0.3 is 6.36 Å². The molecule has 35 heavy (non-hydrogen) atoms. The van der Waals surface area contributed by atoms with Crippen molar-refractivity contribution in [3.63, 3.8) is 0 Å². The monoisotopic (exact) mass is 498 g/mol. The van der Waals surface area contributed by atoms with Gasteiger partial charge in [0.1, 0.15) is 5.70 Å². The number of alkyl halides is 3. The summed E-state index contributed by atoms with van der Waals surface area (Å²) in [6.07, 6.45) is -0.122. The van der Waals surface area contributed by atoms with E-state index in [9.17, 15) is 22.8 Å². The Labute approximate surface area is 202 Å². The van der Waals surface area contributed by atoms with Gasteiger partial charge in [0, 0.05) is 12.4 Å². The van der Waals surface area contributed by atoms with Gasteiger partial charge in [-0.1, -0.05) is 48.2 Å². The first kappa shape index (κ1) is 24.0. The molecule has 1 aliphatic heterocycles. The number of benzene rings is 2. The van der Waals surface area contributed by atoms with E-state index < -0.39 is 18.0 Å². The summed E-state index contributed by atoms with van der Waals surface area (Å²) in [4.78, 5) is 35.5. The number of carbonyl (C=O) groups excluding carboxylic acids is 2. The third-order valence-electron chi connectivity index (χ3n) is 4.55. The van der Waals surface area contributed by atoms with Crippen LogP contribution in [0.5, 0.6) is 5.75 Å². The van der Waals surface area contributed by atoms with Gasteiger partial charge in [-0.2, -0.15) is 0 Å². The molecule has 0 radical (unpaired) electrons. The number of nitrogens with zero attached hydrogens (tertiary/aromatic N) is 3. The minimum absolute atomic E-state index is 0.128. The molecule has 11 heteroatoms. The van der Waals surface area contributed by atoms with Gasteiger partial charge in [0.15, 0.2) is 10.9 Å². The molecule has 2 aromatic carbocycles. The summed E-state index contributed by atoms with van der Waals surface area (Å²) in [7, 11) is 0. The topological polar surface area (TPSA) is 83.9 Å². The Morgan fingerprint density at radius 3 is 2.51 bits per heavy atom. The number of amides is 2. The second-order valence-electron chi connectivity index (χ2n) is 7.07. The summed E-state index contributed by atoms with van der Waals surface area (Å²) in [5.74, 6) is -1.72. The zero-order valence-corrected chi connectivity index (χ0v) is 18.7. The molecule has 7 nitrogen and oxygen atoms in total. The highest BCUT2D eigenvalue weighted by Gasteiger charge is 2.33. The molecule has 0 fully saturated rings. The fourth-order valence-corrected chi connectivity index (χ4v) is 3.93. The molecule has 3 aromatic rings. The molecule has 1 aromatic heterocycles. The standard InChI is InChI=1S/C24H17F3N4O3S/c25-24(26,27)34-20-11-5-4-10-18(20)29-21(32)15-35-23-30-19(13-16-7-6-12-28-14-16)22(33)31(23)17-8-2-1-3-9-17/h1-14H,15H2,(H,29,32). The quantitative estimate of drug-likeness (QED) is 0.479. The van der Waals surface area contributed by atoms with Crippen LogP contribution in [0.25, 0.3) is 6.08 Å². The lowest BCUT2D eigenvalue weighted by atomic mass is 10.2. The fraction of sp³-hybridized carbons (Fsp3) is 0.0833. The molecule has 1 aliphatic rings. The Kier molecular flexibility index (Phi) is 7.16. The van der Waals surface area contributed by atoms with Crippen LogP contribution in [-0.4, -0.2) is 34.1 Å². The molecule has 1 N–H and O–H groups in total. The van der Waals surface area contributed by atoms with Gasteiger partial charge in [-0.05, 0) is 42.0 Å². The maximum Gasteiger partial charge on any atom is 0.573 e. The van der Waals surface area contributed by atoms with Crippen molar-refractivity contribution in [3.8, 4) is 5.75 Å². The molecule has 2 heterocycles. The zero-order chi connectivity index (χ0) is 24.8. The Bertz CT molecular complexity index is 1280. The Morgan fingerprint density at radius 1 is 1.06 bits per heavy atom. The van der Waals surface area contributed by atoms with Crippen molar-refractivity contribution in [1.29, 1.82) is 0 Å². The highest BCUT2D eigenvalue weighted by atomic mass is 32.2. The van der Waals surface area contributed by atoms with E-state index in [0.717, 1.165) is 17.8 Å². The van der Waals surface area contributed by atoms with E-state index in [4.69, 9.17) is 0 Å². The molecule has 0 atom stereocenters. The van der Waals surface area contributed by atoms with Crippen LogP contribution in [0.4, 0.5) is 24.5 Å². The van der Waals surface area contributed by atoms with Crippen molar-refractivity contribution in [2.24, 2.45) is 4.99 Å². The average Bonchev–Trinajstić information content (AvgIpc) is 3.14. The van der Waals surface area contributed by atoms with Gasteiger partial charge in [0.2, 0.25) is 5.91 Å². The lowest BCUT2D eigenvalue weighted by Gasteiger charge is -2.18. The third kappa shape index (κ3) is 6.27. The normalized spacial score (nSPS) is 14.7. The Balaban J connectivity index is 1.52. The zero-order valence-electron chi connectivity index (χ0n) is 17.9. The molecule has 178 valence electrons. The maximum absolute atomic E-state index is 13.1. The smallest absolute Gasteiger partial charge is 0.404 e. The van der Waals surface area contributed by atoms with E-state index >= 15 is 0 Å². The number of halogens is 3. The number of hydrogen-bond donors (Lipinski definition) is 1. The van der Waals surface area contributed by atoms with Crippen molar-refractivity contribution < 1.29 is 27.5 Å². The Morgan fingerprint density at radius 2 is 1.80 bits per heavy atom. The first-order valence-corrected chi connectivity index (χ1v) is 11.2. The van der Waals surface area contributed by atoms with E-state index in [1.54, 1.807) is 60.9 Å². The van der Waals surface area contributed by atoms with E-state index in [1.807, 2.05) is 0 Å². The summed E-state index contributed by atoms with van der Waals surface area (Å²) >= 11 is 0.975. The number of ether oxygens (including phenoxy) is 1. The van der Waals surface area contributed by atoms with Crippen molar-refractivity contribution in [2.45, 2.75) is 6.36 Å². The van der Waals surface area contributed by atoms with E-state index in [1.165, 1.54) is 23.1 Å². The van der Waals surface area contributed by atoms with Gasteiger partial charge in [-0.15, -0.1) is 13.2 Å². The molecule has 2 amide bonds. The minimum Gasteiger partial charge on any atom is -0.404 e. The first-order valence-electron chi connectivity index (χ1n) is 10.2. The highest BCUT2D eigenvalue weighted by molar-refractivity contribution is 8.14. The van der Waals surface area contributed by atoms with Crippen LogP contribution >= 0.6 is 11.8 Å². The number of thioether (sulfide) groups is 1. The highest BCUT2D eigenvalue weighted by Crippen LogP contribution is 2.31. The van der Waals surface area contributed by atoms with Crippen molar-refractivity contribution >= 4 is 46.2 Å². The third-order valence-corrected chi connectivity index (χ3v) is 5.49. The van der Waals surface area contributed by atoms with Crippen LogP contribution in [0.1, 0.15) is 5.56 Å². The number of aromatic nitrogens is 1. The molecular weight excluding hydrogens is 481 g/mol. The molecule has 0 aliphatic carbocycles. The molecule has 0 saturated carbocycles. The van der Waals surface area contributed by atoms with E-state index in [2.05, 4.69) is 20.0 Å². The predicted octanol–water partition coefficient (Wildman–Crippen LogP) is 5.10. The van der Waals surface area contributed by atoms with Crippen LogP contribution in [0.15, 0.2) is 89.8 Å². The van der Waals surface area contributed by atoms with Crippen LogP contribution in [0, 0.1) is 0 Å². The number of anilines is 2. The van der Waals surface area contributed by atoms with Crippen molar-refractivity contribution in [1.82, 2.24) is 4.98 Å². The lowest BCUT2D eigenvalue weighted by molar-refractivity contribution is -0.274. The van der Waals surface area contributed by atoms with Crippen LogP contribution < -0.4 is 15.0 Å². The van der Waals surface area contributed by atoms with E-state index in [-0.39, 0.29) is 28.2 Å².